The number of pyridine rings is 3. The van der Waals surface area contributed by atoms with Crippen LogP contribution in [-0.4, -0.2) is 25.3 Å². The van der Waals surface area contributed by atoms with Crippen molar-refractivity contribution in [1.82, 2.24) is 19.4 Å². The number of hydrogen-bond acceptors (Lipinski definition) is 4. The third kappa shape index (κ3) is 2.96. The molecule has 0 saturated carbocycles. The van der Waals surface area contributed by atoms with Gasteiger partial charge in [-0.25, -0.2) is 23.1 Å². The second-order valence-electron chi connectivity index (χ2n) is 5.92. The Hall–Kier alpha value is -3.75. The van der Waals surface area contributed by atoms with Gasteiger partial charge >= 0.3 is 0 Å². The smallest absolute Gasteiger partial charge is 0.283 e. The Bertz CT molecular complexity index is 1210. The Balaban J connectivity index is 1.90. The lowest BCUT2D eigenvalue weighted by Gasteiger charge is -2.11. The average Bonchev–Trinajstić information content (AvgIpc) is 3.11. The van der Waals surface area contributed by atoms with Crippen molar-refractivity contribution in [2.24, 2.45) is 5.73 Å². The van der Waals surface area contributed by atoms with Gasteiger partial charge in [-0.2, -0.15) is 0 Å². The van der Waals surface area contributed by atoms with E-state index in [2.05, 4.69) is 15.0 Å². The summed E-state index contributed by atoms with van der Waals surface area (Å²) in [4.78, 5) is 23.7. The van der Waals surface area contributed by atoms with E-state index < -0.39 is 23.8 Å². The van der Waals surface area contributed by atoms with Crippen LogP contribution in [0.4, 0.5) is 13.2 Å². The first-order valence-electron chi connectivity index (χ1n) is 8.13. The van der Waals surface area contributed by atoms with Crippen molar-refractivity contribution in [2.75, 3.05) is 0 Å². The fourth-order valence-electron chi connectivity index (χ4n) is 2.91. The van der Waals surface area contributed by atoms with Crippen LogP contribution in [-0.2, 0) is 0 Å². The van der Waals surface area contributed by atoms with Crippen molar-refractivity contribution >= 4 is 11.6 Å². The molecule has 9 heteroatoms. The number of nitrogens with two attached hydrogens (primary N) is 1. The first-order chi connectivity index (χ1) is 13.5. The summed E-state index contributed by atoms with van der Waals surface area (Å²) >= 11 is 0. The monoisotopic (exact) mass is 383 g/mol. The standard InChI is InChI=1S/C19H12F3N5O/c20-12-4-5-13(26-17(12)18(21)22)16-11(2-1-7-24-16)10-3-6-15-25-8-14(19(23)28)27(15)9-10/h1-9,18H,(H2,23,28). The molecule has 28 heavy (non-hydrogen) atoms. The summed E-state index contributed by atoms with van der Waals surface area (Å²) in [6.07, 6.45) is 1.44. The van der Waals surface area contributed by atoms with Gasteiger partial charge in [0.25, 0.3) is 12.3 Å². The summed E-state index contributed by atoms with van der Waals surface area (Å²) in [6, 6.07) is 9.04. The Labute approximate surface area is 156 Å². The number of aromatic nitrogens is 4. The average molecular weight is 383 g/mol. The van der Waals surface area contributed by atoms with Crippen LogP contribution in [0.2, 0.25) is 0 Å². The molecule has 4 aromatic heterocycles. The van der Waals surface area contributed by atoms with Crippen molar-refractivity contribution in [2.45, 2.75) is 6.43 Å². The van der Waals surface area contributed by atoms with E-state index in [-0.39, 0.29) is 11.4 Å². The lowest BCUT2D eigenvalue weighted by molar-refractivity contribution is 0.0994. The number of hydrogen-bond donors (Lipinski definition) is 1. The fourth-order valence-corrected chi connectivity index (χ4v) is 2.91. The van der Waals surface area contributed by atoms with Gasteiger partial charge in [-0.15, -0.1) is 0 Å². The summed E-state index contributed by atoms with van der Waals surface area (Å²) in [7, 11) is 0. The molecule has 6 nitrogen and oxygen atoms in total. The summed E-state index contributed by atoms with van der Waals surface area (Å²) in [6.45, 7) is 0. The predicted molar refractivity (Wildman–Crippen MR) is 95.1 cm³/mol. The third-order valence-electron chi connectivity index (χ3n) is 4.20. The van der Waals surface area contributed by atoms with E-state index in [4.69, 9.17) is 5.73 Å². The molecular weight excluding hydrogens is 371 g/mol. The van der Waals surface area contributed by atoms with Gasteiger partial charge < -0.3 is 5.73 Å². The zero-order chi connectivity index (χ0) is 19.8. The minimum Gasteiger partial charge on any atom is -0.364 e. The van der Waals surface area contributed by atoms with Gasteiger partial charge in [0.1, 0.15) is 17.0 Å². The zero-order valence-electron chi connectivity index (χ0n) is 14.2. The van der Waals surface area contributed by atoms with Gasteiger partial charge in [-0.1, -0.05) is 6.07 Å². The van der Waals surface area contributed by atoms with Crippen LogP contribution < -0.4 is 5.73 Å². The fraction of sp³-hybridized carbons (Fsp3) is 0.0526. The zero-order valence-corrected chi connectivity index (χ0v) is 14.2. The number of halogens is 3. The number of amides is 1. The SMILES string of the molecule is NC(=O)c1cnc2ccc(-c3cccnc3-c3ccc(F)c(C(F)F)n3)cn12. The van der Waals surface area contributed by atoms with Crippen LogP contribution in [0.25, 0.3) is 28.2 Å². The van der Waals surface area contributed by atoms with E-state index in [9.17, 15) is 18.0 Å². The maximum Gasteiger partial charge on any atom is 0.283 e. The highest BCUT2D eigenvalue weighted by atomic mass is 19.3. The number of fused-ring (bicyclic) bond motifs is 1. The summed E-state index contributed by atoms with van der Waals surface area (Å²) in [5.41, 5.74) is 6.73. The molecule has 4 heterocycles. The molecule has 0 aliphatic rings. The predicted octanol–water partition coefficient (Wildman–Crippen LogP) is 3.63. The highest BCUT2D eigenvalue weighted by Crippen LogP contribution is 2.31. The maximum atomic E-state index is 13.6. The van der Waals surface area contributed by atoms with E-state index >= 15 is 0 Å². The molecule has 4 aromatic rings. The van der Waals surface area contributed by atoms with Crippen molar-refractivity contribution < 1.29 is 18.0 Å². The highest BCUT2D eigenvalue weighted by molar-refractivity contribution is 5.92. The van der Waals surface area contributed by atoms with Gasteiger partial charge in [0.2, 0.25) is 0 Å². The second-order valence-corrected chi connectivity index (χ2v) is 5.92. The van der Waals surface area contributed by atoms with Crippen LogP contribution >= 0.6 is 0 Å². The number of carbonyl (C=O) groups is 1. The minimum absolute atomic E-state index is 0.105. The summed E-state index contributed by atoms with van der Waals surface area (Å²) < 4.78 is 41.2. The van der Waals surface area contributed by atoms with Gasteiger partial charge in [-0.05, 0) is 30.3 Å². The second kappa shape index (κ2) is 6.76. The lowest BCUT2D eigenvalue weighted by Crippen LogP contribution is -2.13. The molecule has 0 aliphatic heterocycles. The lowest BCUT2D eigenvalue weighted by atomic mass is 10.0. The molecule has 0 atom stereocenters. The van der Waals surface area contributed by atoms with E-state index in [1.54, 1.807) is 30.5 Å². The molecule has 0 bridgehead atoms. The van der Waals surface area contributed by atoms with Crippen LogP contribution in [0.1, 0.15) is 22.6 Å². The van der Waals surface area contributed by atoms with E-state index in [1.165, 1.54) is 22.9 Å². The van der Waals surface area contributed by atoms with Gasteiger partial charge in [-0.3, -0.25) is 14.2 Å². The first-order valence-corrected chi connectivity index (χ1v) is 8.13. The normalized spacial score (nSPS) is 11.3. The number of alkyl halides is 2. The molecule has 2 N–H and O–H groups in total. The molecule has 140 valence electrons. The Kier molecular flexibility index (Phi) is 4.26. The molecule has 0 aliphatic carbocycles. The summed E-state index contributed by atoms with van der Waals surface area (Å²) in [5.74, 6) is -1.72. The van der Waals surface area contributed by atoms with Gasteiger partial charge in [0.05, 0.1) is 17.6 Å². The molecule has 0 aromatic carbocycles. The van der Waals surface area contributed by atoms with Crippen LogP contribution in [0, 0.1) is 5.82 Å². The number of primary amides is 1. The van der Waals surface area contributed by atoms with Gasteiger partial charge in [0, 0.05) is 23.5 Å². The molecular formula is C19H12F3N5O. The largest absolute Gasteiger partial charge is 0.364 e. The molecule has 4 rings (SSSR count). The molecule has 1 amide bonds. The third-order valence-corrected chi connectivity index (χ3v) is 4.20. The molecule has 0 fully saturated rings. The Morgan fingerprint density at radius 1 is 1.11 bits per heavy atom. The van der Waals surface area contributed by atoms with E-state index in [0.29, 0.717) is 22.5 Å². The van der Waals surface area contributed by atoms with Crippen molar-refractivity contribution in [3.05, 3.63) is 72.2 Å². The Morgan fingerprint density at radius 3 is 2.68 bits per heavy atom. The molecule has 0 unspecified atom stereocenters. The number of rotatable bonds is 4. The van der Waals surface area contributed by atoms with Gasteiger partial charge in [0.15, 0.2) is 5.82 Å². The van der Waals surface area contributed by atoms with Crippen molar-refractivity contribution in [3.63, 3.8) is 0 Å². The first kappa shape index (κ1) is 17.7. The van der Waals surface area contributed by atoms with Crippen molar-refractivity contribution in [1.29, 1.82) is 0 Å². The molecule has 0 radical (unpaired) electrons. The number of imidazole rings is 1. The van der Waals surface area contributed by atoms with E-state index in [0.717, 1.165) is 6.07 Å². The van der Waals surface area contributed by atoms with Crippen LogP contribution in [0.3, 0.4) is 0 Å². The number of nitrogens with zero attached hydrogens (tertiary/aromatic N) is 4. The Morgan fingerprint density at radius 2 is 1.93 bits per heavy atom. The van der Waals surface area contributed by atoms with Crippen molar-refractivity contribution in [3.8, 4) is 22.5 Å². The quantitative estimate of drug-likeness (QED) is 0.583. The van der Waals surface area contributed by atoms with Crippen LogP contribution in [0.15, 0.2) is 55.0 Å². The minimum atomic E-state index is -3.05. The molecule has 0 spiro atoms. The van der Waals surface area contributed by atoms with Crippen LogP contribution in [0.5, 0.6) is 0 Å². The number of carbonyl (C=O) groups excluding carboxylic acids is 1. The maximum absolute atomic E-state index is 13.6. The molecule has 0 saturated heterocycles. The van der Waals surface area contributed by atoms with E-state index in [1.807, 2.05) is 0 Å². The topological polar surface area (TPSA) is 86.2 Å². The highest BCUT2D eigenvalue weighted by Gasteiger charge is 2.19. The summed E-state index contributed by atoms with van der Waals surface area (Å²) in [5, 5.41) is 0.